The summed E-state index contributed by atoms with van der Waals surface area (Å²) in [5.74, 6) is -1.93. The SMILES string of the molecule is O=C(Cc1csc(-c2ccccn2)n1)Nc1ccc(F)cc1F. The molecule has 1 N–H and O–H groups in total. The van der Waals surface area contributed by atoms with Crippen molar-refractivity contribution in [2.24, 2.45) is 0 Å². The number of pyridine rings is 1. The van der Waals surface area contributed by atoms with Gasteiger partial charge in [-0.2, -0.15) is 0 Å². The number of carbonyl (C=O) groups excluding carboxylic acids is 1. The van der Waals surface area contributed by atoms with Crippen LogP contribution in [0.15, 0.2) is 48.0 Å². The van der Waals surface area contributed by atoms with Gasteiger partial charge in [-0.1, -0.05) is 6.07 Å². The monoisotopic (exact) mass is 331 g/mol. The molecule has 0 saturated carbocycles. The van der Waals surface area contributed by atoms with E-state index in [1.165, 1.54) is 17.4 Å². The summed E-state index contributed by atoms with van der Waals surface area (Å²) < 4.78 is 26.3. The summed E-state index contributed by atoms with van der Waals surface area (Å²) in [6.45, 7) is 0. The summed E-state index contributed by atoms with van der Waals surface area (Å²) in [5.41, 5.74) is 1.24. The first-order chi connectivity index (χ1) is 11.1. The molecule has 0 fully saturated rings. The molecule has 0 spiro atoms. The average Bonchev–Trinajstić information content (AvgIpc) is 2.99. The highest BCUT2D eigenvalue weighted by Crippen LogP contribution is 2.22. The standard InChI is InChI=1S/C16H11F2N3OS/c17-10-4-5-13(12(18)7-10)21-15(22)8-11-9-23-16(20-11)14-3-1-2-6-19-14/h1-7,9H,8H2,(H,21,22). The number of benzene rings is 1. The van der Waals surface area contributed by atoms with Crippen LogP contribution in [-0.4, -0.2) is 15.9 Å². The minimum absolute atomic E-state index is 0.000149. The third-order valence-corrected chi connectivity index (χ3v) is 3.90. The van der Waals surface area contributed by atoms with E-state index in [0.717, 1.165) is 17.8 Å². The Balaban J connectivity index is 1.68. The van der Waals surface area contributed by atoms with Crippen molar-refractivity contribution < 1.29 is 13.6 Å². The van der Waals surface area contributed by atoms with Crippen LogP contribution in [0.1, 0.15) is 5.69 Å². The van der Waals surface area contributed by atoms with Crippen molar-refractivity contribution in [1.29, 1.82) is 0 Å². The van der Waals surface area contributed by atoms with Gasteiger partial charge >= 0.3 is 0 Å². The lowest BCUT2D eigenvalue weighted by molar-refractivity contribution is -0.115. The minimum atomic E-state index is -0.814. The van der Waals surface area contributed by atoms with Crippen molar-refractivity contribution >= 4 is 22.9 Å². The summed E-state index contributed by atoms with van der Waals surface area (Å²) in [6.07, 6.45) is 1.67. The van der Waals surface area contributed by atoms with Gasteiger partial charge in [0.15, 0.2) is 0 Å². The number of rotatable bonds is 4. The van der Waals surface area contributed by atoms with Crippen LogP contribution in [0.25, 0.3) is 10.7 Å². The van der Waals surface area contributed by atoms with Gasteiger partial charge in [0.1, 0.15) is 16.6 Å². The molecule has 0 aliphatic heterocycles. The molecule has 3 rings (SSSR count). The Kier molecular flexibility index (Phi) is 4.38. The number of amides is 1. The highest BCUT2D eigenvalue weighted by Gasteiger charge is 2.12. The fraction of sp³-hybridized carbons (Fsp3) is 0.0625. The van der Waals surface area contributed by atoms with Gasteiger partial charge in [-0.25, -0.2) is 13.8 Å². The van der Waals surface area contributed by atoms with Gasteiger partial charge in [-0.05, 0) is 24.3 Å². The van der Waals surface area contributed by atoms with E-state index >= 15 is 0 Å². The molecule has 0 saturated heterocycles. The van der Waals surface area contributed by atoms with E-state index in [1.54, 1.807) is 11.6 Å². The molecule has 0 atom stereocenters. The smallest absolute Gasteiger partial charge is 0.230 e. The third-order valence-electron chi connectivity index (χ3n) is 2.98. The zero-order valence-corrected chi connectivity index (χ0v) is 12.6. The third kappa shape index (κ3) is 3.75. The van der Waals surface area contributed by atoms with Gasteiger partial charge in [0.05, 0.1) is 23.5 Å². The zero-order chi connectivity index (χ0) is 16.2. The van der Waals surface area contributed by atoms with Crippen molar-refractivity contribution in [1.82, 2.24) is 9.97 Å². The zero-order valence-electron chi connectivity index (χ0n) is 11.8. The van der Waals surface area contributed by atoms with Gasteiger partial charge < -0.3 is 5.32 Å². The van der Waals surface area contributed by atoms with E-state index < -0.39 is 17.5 Å². The fourth-order valence-corrected chi connectivity index (χ4v) is 2.74. The van der Waals surface area contributed by atoms with Crippen molar-refractivity contribution in [2.75, 3.05) is 5.32 Å². The lowest BCUT2D eigenvalue weighted by atomic mass is 10.2. The molecular weight excluding hydrogens is 320 g/mol. The van der Waals surface area contributed by atoms with Crippen LogP contribution in [0.5, 0.6) is 0 Å². The van der Waals surface area contributed by atoms with E-state index in [9.17, 15) is 13.6 Å². The van der Waals surface area contributed by atoms with Crippen LogP contribution in [0.2, 0.25) is 0 Å². The molecule has 1 aromatic carbocycles. The lowest BCUT2D eigenvalue weighted by Crippen LogP contribution is -2.15. The maximum absolute atomic E-state index is 13.5. The van der Waals surface area contributed by atoms with E-state index in [1.807, 2.05) is 18.2 Å². The highest BCUT2D eigenvalue weighted by atomic mass is 32.1. The summed E-state index contributed by atoms with van der Waals surface area (Å²) >= 11 is 1.38. The van der Waals surface area contributed by atoms with E-state index in [2.05, 4.69) is 15.3 Å². The van der Waals surface area contributed by atoms with Crippen LogP contribution >= 0.6 is 11.3 Å². The number of hydrogen-bond acceptors (Lipinski definition) is 4. The molecule has 0 radical (unpaired) electrons. The van der Waals surface area contributed by atoms with Crippen molar-refractivity contribution in [3.8, 4) is 10.7 Å². The van der Waals surface area contributed by atoms with Crippen molar-refractivity contribution in [3.05, 3.63) is 65.3 Å². The molecule has 4 nitrogen and oxygen atoms in total. The van der Waals surface area contributed by atoms with Crippen molar-refractivity contribution in [2.45, 2.75) is 6.42 Å². The summed E-state index contributed by atoms with van der Waals surface area (Å²) in [5, 5.41) is 4.87. The highest BCUT2D eigenvalue weighted by molar-refractivity contribution is 7.13. The number of halogens is 2. The first-order valence-corrected chi connectivity index (χ1v) is 7.60. The topological polar surface area (TPSA) is 54.9 Å². The molecule has 0 unspecified atom stereocenters. The van der Waals surface area contributed by atoms with Crippen LogP contribution in [0.3, 0.4) is 0 Å². The molecule has 23 heavy (non-hydrogen) atoms. The predicted octanol–water partition coefficient (Wildman–Crippen LogP) is 3.66. The average molecular weight is 331 g/mol. The summed E-state index contributed by atoms with van der Waals surface area (Å²) in [7, 11) is 0. The molecule has 2 aromatic heterocycles. The van der Waals surface area contributed by atoms with Crippen LogP contribution in [-0.2, 0) is 11.2 Å². The van der Waals surface area contributed by atoms with E-state index in [4.69, 9.17) is 0 Å². The van der Waals surface area contributed by atoms with E-state index in [-0.39, 0.29) is 12.1 Å². The number of carbonyl (C=O) groups is 1. The second-order valence-corrected chi connectivity index (χ2v) is 5.57. The van der Waals surface area contributed by atoms with Gasteiger partial charge in [0.25, 0.3) is 0 Å². The van der Waals surface area contributed by atoms with Gasteiger partial charge in [0, 0.05) is 17.6 Å². The Morgan fingerprint density at radius 3 is 2.83 bits per heavy atom. The Hall–Kier alpha value is -2.67. The van der Waals surface area contributed by atoms with Gasteiger partial charge in [-0.15, -0.1) is 11.3 Å². The number of nitrogens with one attached hydrogen (secondary N) is 1. The van der Waals surface area contributed by atoms with Crippen LogP contribution in [0.4, 0.5) is 14.5 Å². The van der Waals surface area contributed by atoms with Gasteiger partial charge in [-0.3, -0.25) is 9.78 Å². The second-order valence-electron chi connectivity index (χ2n) is 4.71. The Bertz CT molecular complexity index is 836. The quantitative estimate of drug-likeness (QED) is 0.794. The molecule has 116 valence electrons. The van der Waals surface area contributed by atoms with Crippen LogP contribution in [0, 0.1) is 11.6 Å². The number of hydrogen-bond donors (Lipinski definition) is 1. The van der Waals surface area contributed by atoms with E-state index in [0.29, 0.717) is 10.7 Å². The number of aromatic nitrogens is 2. The fourth-order valence-electron chi connectivity index (χ4n) is 1.94. The number of anilines is 1. The van der Waals surface area contributed by atoms with Gasteiger partial charge in [0.2, 0.25) is 5.91 Å². The molecule has 2 heterocycles. The Morgan fingerprint density at radius 2 is 2.09 bits per heavy atom. The Morgan fingerprint density at radius 1 is 1.22 bits per heavy atom. The molecule has 0 aliphatic rings. The lowest BCUT2D eigenvalue weighted by Gasteiger charge is -2.05. The first kappa shape index (κ1) is 15.2. The molecule has 7 heteroatoms. The Labute approximate surface area is 134 Å². The number of nitrogens with zero attached hydrogens (tertiary/aromatic N) is 2. The largest absolute Gasteiger partial charge is 0.323 e. The van der Waals surface area contributed by atoms with Crippen molar-refractivity contribution in [3.63, 3.8) is 0 Å². The maximum atomic E-state index is 13.5. The predicted molar refractivity (Wildman–Crippen MR) is 84.0 cm³/mol. The minimum Gasteiger partial charge on any atom is -0.323 e. The van der Waals surface area contributed by atoms with Crippen LogP contribution < -0.4 is 5.32 Å². The molecule has 0 aliphatic carbocycles. The summed E-state index contributed by atoms with van der Waals surface area (Å²) in [4.78, 5) is 20.5. The first-order valence-electron chi connectivity index (χ1n) is 6.72. The number of thiazole rings is 1. The molecule has 1 amide bonds. The maximum Gasteiger partial charge on any atom is 0.230 e. The summed E-state index contributed by atoms with van der Waals surface area (Å²) in [6, 6.07) is 8.48. The molecule has 3 aromatic rings. The molecule has 0 bridgehead atoms. The second kappa shape index (κ2) is 6.62. The molecular formula is C16H11F2N3OS. The normalized spacial score (nSPS) is 10.5.